The Morgan fingerprint density at radius 3 is 2.69 bits per heavy atom. The van der Waals surface area contributed by atoms with Gasteiger partial charge in [0.25, 0.3) is 5.69 Å². The minimum Gasteiger partial charge on any atom is -0.469 e. The minimum atomic E-state index is -0.473. The summed E-state index contributed by atoms with van der Waals surface area (Å²) in [6.45, 7) is 0. The van der Waals surface area contributed by atoms with Crippen molar-refractivity contribution in [1.82, 2.24) is 14.6 Å². The van der Waals surface area contributed by atoms with Crippen molar-refractivity contribution in [2.24, 2.45) is 0 Å². The SMILES string of the molecule is COC(=O)CCC(=O)Nc1nc2scc(-c3ccc([N+](=O)[O-])cc3)n2n1. The van der Waals surface area contributed by atoms with E-state index in [9.17, 15) is 19.7 Å². The normalized spacial score (nSPS) is 10.7. The molecule has 1 aromatic carbocycles. The number of thiazole rings is 1. The summed E-state index contributed by atoms with van der Waals surface area (Å²) in [5, 5.41) is 19.3. The predicted molar refractivity (Wildman–Crippen MR) is 92.8 cm³/mol. The maximum absolute atomic E-state index is 11.8. The number of non-ortho nitro benzene ring substituents is 1. The second-order valence-electron chi connectivity index (χ2n) is 5.18. The molecule has 2 heterocycles. The Morgan fingerprint density at radius 2 is 2.04 bits per heavy atom. The summed E-state index contributed by atoms with van der Waals surface area (Å²) in [5.74, 6) is -0.750. The molecule has 0 aliphatic heterocycles. The van der Waals surface area contributed by atoms with E-state index in [1.807, 2.05) is 5.38 Å². The number of amides is 1. The van der Waals surface area contributed by atoms with Gasteiger partial charge >= 0.3 is 5.97 Å². The molecular formula is C15H13N5O5S. The van der Waals surface area contributed by atoms with Crippen LogP contribution in [0.2, 0.25) is 0 Å². The van der Waals surface area contributed by atoms with E-state index >= 15 is 0 Å². The predicted octanol–water partition coefficient (Wildman–Crippen LogP) is 2.26. The zero-order valence-corrected chi connectivity index (χ0v) is 14.4. The van der Waals surface area contributed by atoms with Gasteiger partial charge in [-0.25, -0.2) is 4.52 Å². The third-order valence-corrected chi connectivity index (χ3v) is 4.31. The number of hydrogen-bond donors (Lipinski definition) is 1. The first-order valence-electron chi connectivity index (χ1n) is 7.43. The van der Waals surface area contributed by atoms with Crippen molar-refractivity contribution in [2.45, 2.75) is 12.8 Å². The van der Waals surface area contributed by atoms with Crippen LogP contribution in [0.25, 0.3) is 16.2 Å². The molecule has 0 bridgehead atoms. The summed E-state index contributed by atoms with van der Waals surface area (Å²) in [6.07, 6.45) is -0.0622. The standard InChI is InChI=1S/C15H13N5O5S/c1-25-13(22)7-6-12(21)16-14-17-15-19(18-14)11(8-26-15)9-2-4-10(5-3-9)20(23)24/h2-5,8H,6-7H2,1H3,(H,16,18,21). The number of carbonyl (C=O) groups is 2. The lowest BCUT2D eigenvalue weighted by molar-refractivity contribution is -0.384. The summed E-state index contributed by atoms with van der Waals surface area (Å²) in [6, 6.07) is 6.06. The molecule has 26 heavy (non-hydrogen) atoms. The van der Waals surface area contributed by atoms with Gasteiger partial charge in [-0.05, 0) is 12.1 Å². The maximum Gasteiger partial charge on any atom is 0.306 e. The summed E-state index contributed by atoms with van der Waals surface area (Å²) in [5.41, 5.74) is 1.43. The average molecular weight is 375 g/mol. The van der Waals surface area contributed by atoms with E-state index in [2.05, 4.69) is 20.1 Å². The summed E-state index contributed by atoms with van der Waals surface area (Å²) in [4.78, 5) is 37.9. The molecule has 3 aromatic rings. The Morgan fingerprint density at radius 1 is 1.31 bits per heavy atom. The van der Waals surface area contributed by atoms with Crippen LogP contribution in [0.5, 0.6) is 0 Å². The number of nitrogens with one attached hydrogen (secondary N) is 1. The van der Waals surface area contributed by atoms with Gasteiger partial charge in [0.1, 0.15) is 0 Å². The average Bonchev–Trinajstić information content (AvgIpc) is 3.19. The van der Waals surface area contributed by atoms with Crippen LogP contribution in [-0.4, -0.2) is 38.5 Å². The van der Waals surface area contributed by atoms with Crippen LogP contribution in [0, 0.1) is 10.1 Å². The van der Waals surface area contributed by atoms with Crippen LogP contribution >= 0.6 is 11.3 Å². The van der Waals surface area contributed by atoms with Crippen LogP contribution in [0.3, 0.4) is 0 Å². The molecule has 1 amide bonds. The van der Waals surface area contributed by atoms with Gasteiger partial charge in [-0.3, -0.25) is 25.0 Å². The molecule has 0 aliphatic rings. The summed E-state index contributed by atoms with van der Waals surface area (Å²) in [7, 11) is 1.25. The third kappa shape index (κ3) is 3.67. The molecule has 0 spiro atoms. The number of hydrogen-bond acceptors (Lipinski definition) is 8. The number of benzene rings is 1. The van der Waals surface area contributed by atoms with Crippen LogP contribution in [0.15, 0.2) is 29.6 Å². The molecule has 10 nitrogen and oxygen atoms in total. The lowest BCUT2D eigenvalue weighted by Crippen LogP contribution is -2.14. The number of ether oxygens (including phenoxy) is 1. The van der Waals surface area contributed by atoms with Gasteiger partial charge in [0.2, 0.25) is 16.8 Å². The number of esters is 1. The van der Waals surface area contributed by atoms with E-state index in [0.717, 1.165) is 5.56 Å². The van der Waals surface area contributed by atoms with Crippen molar-refractivity contribution >= 4 is 39.8 Å². The number of carbonyl (C=O) groups excluding carboxylic acids is 2. The minimum absolute atomic E-state index is 0.00243. The Balaban J connectivity index is 1.77. The van der Waals surface area contributed by atoms with E-state index in [4.69, 9.17) is 0 Å². The first-order valence-corrected chi connectivity index (χ1v) is 8.31. The van der Waals surface area contributed by atoms with Crippen LogP contribution in [0.1, 0.15) is 12.8 Å². The highest BCUT2D eigenvalue weighted by atomic mass is 32.1. The number of nitro benzene ring substituents is 1. The molecule has 0 unspecified atom stereocenters. The monoisotopic (exact) mass is 375 g/mol. The van der Waals surface area contributed by atoms with Gasteiger partial charge in [-0.2, -0.15) is 4.98 Å². The fourth-order valence-electron chi connectivity index (χ4n) is 2.19. The number of anilines is 1. The van der Waals surface area contributed by atoms with Crippen LogP contribution < -0.4 is 5.32 Å². The Kier molecular flexibility index (Phi) is 4.89. The molecule has 3 rings (SSSR count). The zero-order valence-electron chi connectivity index (χ0n) is 13.5. The number of nitro groups is 1. The largest absolute Gasteiger partial charge is 0.469 e. The number of rotatable bonds is 6. The highest BCUT2D eigenvalue weighted by Gasteiger charge is 2.15. The first-order chi connectivity index (χ1) is 12.5. The molecule has 0 atom stereocenters. The van der Waals surface area contributed by atoms with Gasteiger partial charge in [0.15, 0.2) is 0 Å². The van der Waals surface area contributed by atoms with Gasteiger partial charge in [0.05, 0.1) is 24.1 Å². The molecule has 0 saturated heterocycles. The molecule has 0 radical (unpaired) electrons. The summed E-state index contributed by atoms with van der Waals surface area (Å²) < 4.78 is 6.02. The molecule has 11 heteroatoms. The van der Waals surface area contributed by atoms with Crippen molar-refractivity contribution < 1.29 is 19.2 Å². The van der Waals surface area contributed by atoms with Gasteiger partial charge in [-0.15, -0.1) is 16.4 Å². The fourth-order valence-corrected chi connectivity index (χ4v) is 3.02. The second kappa shape index (κ2) is 7.27. The second-order valence-corrected chi connectivity index (χ2v) is 6.02. The van der Waals surface area contributed by atoms with E-state index in [1.165, 1.54) is 30.6 Å². The fraction of sp³-hybridized carbons (Fsp3) is 0.200. The Bertz CT molecular complexity index is 978. The van der Waals surface area contributed by atoms with Crippen molar-refractivity contribution in [2.75, 3.05) is 12.4 Å². The van der Waals surface area contributed by atoms with E-state index in [1.54, 1.807) is 16.6 Å². The van der Waals surface area contributed by atoms with Crippen molar-refractivity contribution in [3.8, 4) is 11.3 Å². The number of nitrogens with zero attached hydrogens (tertiary/aromatic N) is 4. The number of aromatic nitrogens is 3. The highest BCUT2D eigenvalue weighted by Crippen LogP contribution is 2.27. The molecule has 0 fully saturated rings. The van der Waals surface area contributed by atoms with Gasteiger partial charge in [-0.1, -0.05) is 0 Å². The van der Waals surface area contributed by atoms with E-state index in [0.29, 0.717) is 10.7 Å². The molecule has 1 N–H and O–H groups in total. The third-order valence-electron chi connectivity index (χ3n) is 3.49. The Labute approximate surface area is 150 Å². The maximum atomic E-state index is 11.8. The quantitative estimate of drug-likeness (QED) is 0.397. The first kappa shape index (κ1) is 17.5. The lowest BCUT2D eigenvalue weighted by atomic mass is 10.1. The topological polar surface area (TPSA) is 129 Å². The van der Waals surface area contributed by atoms with E-state index < -0.39 is 16.8 Å². The molecule has 2 aromatic heterocycles. The van der Waals surface area contributed by atoms with Crippen LogP contribution in [0.4, 0.5) is 11.6 Å². The molecule has 134 valence electrons. The van der Waals surface area contributed by atoms with Crippen molar-refractivity contribution in [1.29, 1.82) is 0 Å². The molecule has 0 aliphatic carbocycles. The van der Waals surface area contributed by atoms with Gasteiger partial charge in [0, 0.05) is 29.5 Å². The zero-order chi connectivity index (χ0) is 18.7. The summed E-state index contributed by atoms with van der Waals surface area (Å²) >= 11 is 1.32. The van der Waals surface area contributed by atoms with Crippen LogP contribution in [-0.2, 0) is 14.3 Å². The number of methoxy groups -OCH3 is 1. The highest BCUT2D eigenvalue weighted by molar-refractivity contribution is 7.15. The van der Waals surface area contributed by atoms with Crippen molar-refractivity contribution in [3.05, 3.63) is 39.8 Å². The number of fused-ring (bicyclic) bond motifs is 1. The Hall–Kier alpha value is -3.34. The van der Waals surface area contributed by atoms with Crippen molar-refractivity contribution in [3.63, 3.8) is 0 Å². The molecular weight excluding hydrogens is 362 g/mol. The smallest absolute Gasteiger partial charge is 0.306 e. The lowest BCUT2D eigenvalue weighted by Gasteiger charge is -2.00. The van der Waals surface area contributed by atoms with E-state index in [-0.39, 0.29) is 24.5 Å². The van der Waals surface area contributed by atoms with Gasteiger partial charge < -0.3 is 4.74 Å². The molecule has 0 saturated carbocycles.